The highest BCUT2D eigenvalue weighted by Gasteiger charge is 2.70. The second kappa shape index (κ2) is 7.57. The lowest BCUT2D eigenvalue weighted by molar-refractivity contribution is -0.218. The van der Waals surface area contributed by atoms with E-state index in [0.29, 0.717) is 18.8 Å². The number of hydrogen-bond donors (Lipinski definition) is 4. The van der Waals surface area contributed by atoms with Crippen molar-refractivity contribution in [1.29, 1.82) is 0 Å². The summed E-state index contributed by atoms with van der Waals surface area (Å²) in [6, 6.07) is 0. The van der Waals surface area contributed by atoms with Gasteiger partial charge in [-0.05, 0) is 97.2 Å². The van der Waals surface area contributed by atoms with Gasteiger partial charge < -0.3 is 20.4 Å². The number of fused-ring (bicyclic) bond motifs is 7. The van der Waals surface area contributed by atoms with E-state index >= 15 is 0 Å². The molecule has 35 heavy (non-hydrogen) atoms. The Bertz CT molecular complexity index is 941. The molecular formula is C30H48O5. The molecule has 5 nitrogen and oxygen atoms in total. The average Bonchev–Trinajstić information content (AvgIpc) is 2.78. The van der Waals surface area contributed by atoms with Gasteiger partial charge in [0.15, 0.2) is 0 Å². The minimum absolute atomic E-state index is 0.0246. The van der Waals surface area contributed by atoms with Crippen molar-refractivity contribution >= 4 is 5.97 Å². The summed E-state index contributed by atoms with van der Waals surface area (Å²) in [5.41, 5.74) is -0.260. The number of allylic oxidation sites excluding steroid dienone is 2. The number of hydrogen-bond acceptors (Lipinski definition) is 4. The van der Waals surface area contributed by atoms with Crippen LogP contribution in [0.4, 0.5) is 0 Å². The highest BCUT2D eigenvalue weighted by Crippen LogP contribution is 2.75. The second-order valence-corrected chi connectivity index (χ2v) is 14.9. The zero-order valence-corrected chi connectivity index (χ0v) is 22.7. The zero-order valence-electron chi connectivity index (χ0n) is 22.7. The third-order valence-corrected chi connectivity index (χ3v) is 13.4. The molecule has 0 radical (unpaired) electrons. The molecule has 0 aliphatic heterocycles. The molecule has 198 valence electrons. The molecule has 0 heterocycles. The maximum atomic E-state index is 12.8. The van der Waals surface area contributed by atoms with Crippen LogP contribution in [0, 0.1) is 50.2 Å². The van der Waals surface area contributed by atoms with Crippen LogP contribution in [0.2, 0.25) is 0 Å². The van der Waals surface area contributed by atoms with Crippen molar-refractivity contribution in [2.45, 2.75) is 112 Å². The Morgan fingerprint density at radius 2 is 1.60 bits per heavy atom. The van der Waals surface area contributed by atoms with E-state index in [2.05, 4.69) is 47.6 Å². The lowest BCUT2D eigenvalue weighted by Crippen LogP contribution is -2.66. The maximum absolute atomic E-state index is 12.8. The highest BCUT2D eigenvalue weighted by atomic mass is 16.4. The van der Waals surface area contributed by atoms with Gasteiger partial charge in [-0.1, -0.05) is 53.2 Å². The van der Waals surface area contributed by atoms with E-state index in [1.54, 1.807) is 0 Å². The van der Waals surface area contributed by atoms with Gasteiger partial charge in [0.2, 0.25) is 0 Å². The highest BCUT2D eigenvalue weighted by molar-refractivity contribution is 5.77. The van der Waals surface area contributed by atoms with Gasteiger partial charge in [-0.15, -0.1) is 0 Å². The molecule has 0 saturated heterocycles. The Hall–Kier alpha value is -0.910. The third-order valence-electron chi connectivity index (χ3n) is 13.4. The quantitative estimate of drug-likeness (QED) is 0.402. The summed E-state index contributed by atoms with van der Waals surface area (Å²) in [6.07, 6.45) is 8.64. The van der Waals surface area contributed by atoms with Crippen molar-refractivity contribution in [2.75, 3.05) is 6.61 Å². The summed E-state index contributed by atoms with van der Waals surface area (Å²) < 4.78 is 0. The van der Waals surface area contributed by atoms with Crippen molar-refractivity contribution in [3.05, 3.63) is 11.6 Å². The number of carbonyl (C=O) groups is 1. The molecule has 4 N–H and O–H groups in total. The van der Waals surface area contributed by atoms with Gasteiger partial charge in [-0.2, -0.15) is 0 Å². The Morgan fingerprint density at radius 3 is 2.23 bits per heavy atom. The summed E-state index contributed by atoms with van der Waals surface area (Å²) in [5, 5.41) is 42.7. The monoisotopic (exact) mass is 488 g/mol. The molecule has 4 fully saturated rings. The average molecular weight is 489 g/mol. The number of carboxylic acid groups (broad SMARTS) is 1. The van der Waals surface area contributed by atoms with Crippen LogP contribution in [0.1, 0.15) is 99.3 Å². The third kappa shape index (κ3) is 3.01. The van der Waals surface area contributed by atoms with E-state index in [1.165, 1.54) is 5.57 Å². The predicted molar refractivity (Wildman–Crippen MR) is 135 cm³/mol. The normalized spacial score (nSPS) is 55.0. The van der Waals surface area contributed by atoms with E-state index in [4.69, 9.17) is 0 Å². The molecule has 4 saturated carbocycles. The fraction of sp³-hybridized carbons (Fsp3) is 0.900. The molecule has 5 aliphatic rings. The Morgan fingerprint density at radius 1 is 0.914 bits per heavy atom. The van der Waals surface area contributed by atoms with Crippen molar-refractivity contribution in [3.8, 4) is 0 Å². The van der Waals surface area contributed by atoms with E-state index in [0.717, 1.165) is 44.9 Å². The molecule has 0 amide bonds. The molecule has 10 unspecified atom stereocenters. The van der Waals surface area contributed by atoms with Crippen LogP contribution in [0.25, 0.3) is 0 Å². The first kappa shape index (κ1) is 25.7. The predicted octanol–water partition coefficient (Wildman–Crippen LogP) is 5.18. The summed E-state index contributed by atoms with van der Waals surface area (Å²) in [6.45, 7) is 13.6. The summed E-state index contributed by atoms with van der Waals surface area (Å²) >= 11 is 0. The van der Waals surface area contributed by atoms with Gasteiger partial charge in [-0.3, -0.25) is 4.79 Å². The van der Waals surface area contributed by atoms with Crippen LogP contribution < -0.4 is 0 Å². The Kier molecular flexibility index (Phi) is 5.56. The minimum atomic E-state index is -0.866. The zero-order chi connectivity index (χ0) is 25.8. The number of rotatable bonds is 2. The van der Waals surface area contributed by atoms with Gasteiger partial charge in [-0.25, -0.2) is 0 Å². The first-order valence-electron chi connectivity index (χ1n) is 14.0. The minimum Gasteiger partial charge on any atom is -0.481 e. The summed E-state index contributed by atoms with van der Waals surface area (Å²) in [5.74, 6) is -0.0366. The SMILES string of the molecule is CC1(C)CC2C3=CCC4C5(C)CCC(O)C(C)(CO)C5CCC4(C)C3(C)CCC2(C(=O)O)CC1O. The molecule has 5 heteroatoms. The van der Waals surface area contributed by atoms with Crippen LogP contribution in [-0.2, 0) is 4.79 Å². The van der Waals surface area contributed by atoms with Gasteiger partial charge in [0, 0.05) is 5.41 Å². The van der Waals surface area contributed by atoms with Crippen LogP contribution in [0.5, 0.6) is 0 Å². The molecule has 5 rings (SSSR count). The fourth-order valence-corrected chi connectivity index (χ4v) is 10.6. The number of aliphatic hydroxyl groups is 3. The van der Waals surface area contributed by atoms with Gasteiger partial charge >= 0.3 is 5.97 Å². The lowest BCUT2D eigenvalue weighted by Gasteiger charge is -2.71. The van der Waals surface area contributed by atoms with Crippen LogP contribution in [0.15, 0.2) is 11.6 Å². The maximum Gasteiger partial charge on any atom is 0.310 e. The smallest absolute Gasteiger partial charge is 0.310 e. The van der Waals surface area contributed by atoms with Gasteiger partial charge in [0.1, 0.15) is 0 Å². The van der Waals surface area contributed by atoms with Crippen molar-refractivity contribution in [1.82, 2.24) is 0 Å². The molecule has 0 aromatic carbocycles. The van der Waals surface area contributed by atoms with Crippen molar-refractivity contribution < 1.29 is 25.2 Å². The number of carboxylic acids is 1. The summed E-state index contributed by atoms with van der Waals surface area (Å²) in [4.78, 5) is 12.8. The first-order valence-corrected chi connectivity index (χ1v) is 14.0. The first-order chi connectivity index (χ1) is 16.1. The van der Waals surface area contributed by atoms with E-state index in [9.17, 15) is 25.2 Å². The molecule has 0 bridgehead atoms. The van der Waals surface area contributed by atoms with Gasteiger partial charge in [0.25, 0.3) is 0 Å². The number of aliphatic carboxylic acids is 1. The Labute approximate surface area is 211 Å². The standard InChI is InChI=1S/C30H48O5/c1-25(2)15-19-18-7-8-21-26(3)11-10-22(32)27(4,17-31)20(26)9-12-29(21,6)28(18,5)13-14-30(19,24(34)35)16-23(25)33/h7,19-23,31-33H,8-17H2,1-6H3,(H,34,35). The summed E-state index contributed by atoms with van der Waals surface area (Å²) in [7, 11) is 0. The molecule has 0 aromatic heterocycles. The molecule has 10 atom stereocenters. The van der Waals surface area contributed by atoms with Crippen molar-refractivity contribution in [2.24, 2.45) is 50.2 Å². The van der Waals surface area contributed by atoms with E-state index < -0.39 is 29.0 Å². The van der Waals surface area contributed by atoms with E-state index in [1.807, 2.05) is 0 Å². The molecular weight excluding hydrogens is 440 g/mol. The van der Waals surface area contributed by atoms with Crippen LogP contribution in [0.3, 0.4) is 0 Å². The number of aliphatic hydroxyl groups excluding tert-OH is 3. The molecule has 0 spiro atoms. The largest absolute Gasteiger partial charge is 0.481 e. The van der Waals surface area contributed by atoms with Gasteiger partial charge in [0.05, 0.1) is 24.2 Å². The lowest BCUT2D eigenvalue weighted by atomic mass is 9.33. The van der Waals surface area contributed by atoms with Crippen molar-refractivity contribution in [3.63, 3.8) is 0 Å². The van der Waals surface area contributed by atoms with E-state index in [-0.39, 0.29) is 40.1 Å². The van der Waals surface area contributed by atoms with Crippen LogP contribution >= 0.6 is 0 Å². The van der Waals surface area contributed by atoms with Crippen LogP contribution in [-0.4, -0.2) is 45.2 Å². The fourth-order valence-electron chi connectivity index (χ4n) is 10.6. The topological polar surface area (TPSA) is 98.0 Å². The second-order valence-electron chi connectivity index (χ2n) is 14.9. The molecule has 0 aromatic rings. The Balaban J connectivity index is 1.60. The molecule has 5 aliphatic carbocycles.